The number of hydrogen-bond acceptors (Lipinski definition) is 4. The van der Waals surface area contributed by atoms with Crippen molar-refractivity contribution >= 4 is 49.7 Å². The fourth-order valence-electron chi connectivity index (χ4n) is 1.23. The summed E-state index contributed by atoms with van der Waals surface area (Å²) in [5.41, 5.74) is 6.47. The lowest BCUT2D eigenvalue weighted by atomic mass is 10.1. The van der Waals surface area contributed by atoms with E-state index in [1.165, 1.54) is 6.92 Å². The Morgan fingerprint density at radius 1 is 1.47 bits per heavy atom. The first kappa shape index (κ1) is 15.0. The van der Waals surface area contributed by atoms with E-state index in [0.717, 1.165) is 0 Å². The largest absolute Gasteiger partial charge is 0.399 e. The molecule has 0 bridgehead atoms. The minimum Gasteiger partial charge on any atom is -0.399 e. The van der Waals surface area contributed by atoms with E-state index in [-0.39, 0.29) is 5.75 Å². The minimum absolute atomic E-state index is 0.133. The Balaban J connectivity index is 3.12. The Bertz CT molecular complexity index is 487. The molecule has 1 aromatic rings. The van der Waals surface area contributed by atoms with Crippen LogP contribution in [0, 0.1) is 0 Å². The van der Waals surface area contributed by atoms with E-state index in [0.29, 0.717) is 11.3 Å². The first-order chi connectivity index (χ1) is 7.72. The number of aliphatic hydroxyl groups excluding tert-OH is 1. The number of nitrogens with two attached hydrogens (primary N) is 1. The zero-order valence-corrected chi connectivity index (χ0v) is 12.8. The highest BCUT2D eigenvalue weighted by molar-refractivity contribution is 14.1. The van der Waals surface area contributed by atoms with Gasteiger partial charge in [-0.2, -0.15) is 0 Å². The number of rotatable bonds is 4. The highest BCUT2D eigenvalue weighted by Gasteiger charge is 2.45. The summed E-state index contributed by atoms with van der Waals surface area (Å²) in [5.74, 6) is -0.133. The van der Waals surface area contributed by atoms with Crippen molar-refractivity contribution in [3.8, 4) is 0 Å². The van der Waals surface area contributed by atoms with Gasteiger partial charge in [0.15, 0.2) is 9.84 Å². The third-order valence-electron chi connectivity index (χ3n) is 2.37. The smallest absolute Gasteiger partial charge is 0.225 e. The van der Waals surface area contributed by atoms with Crippen LogP contribution in [0.1, 0.15) is 18.6 Å². The summed E-state index contributed by atoms with van der Waals surface area (Å²) in [6.45, 7) is 1.49. The minimum atomic E-state index is -3.58. The van der Waals surface area contributed by atoms with Gasteiger partial charge in [-0.25, -0.2) is 8.42 Å². The topological polar surface area (TPSA) is 80.4 Å². The van der Waals surface area contributed by atoms with Crippen LogP contribution in [-0.2, 0) is 9.84 Å². The van der Waals surface area contributed by atoms with Crippen molar-refractivity contribution in [2.75, 3.05) is 11.5 Å². The molecular formula is C10H13ClINO3S. The summed E-state index contributed by atoms with van der Waals surface area (Å²) in [4.78, 5) is 0. The predicted octanol–water partition coefficient (Wildman–Crippen LogP) is 2.06. The summed E-state index contributed by atoms with van der Waals surface area (Å²) in [7, 11) is -3.58. The number of sulfone groups is 1. The lowest BCUT2D eigenvalue weighted by Gasteiger charge is -2.25. The second-order valence-electron chi connectivity index (χ2n) is 3.53. The van der Waals surface area contributed by atoms with Gasteiger partial charge in [-0.05, 0) is 40.3 Å². The summed E-state index contributed by atoms with van der Waals surface area (Å²) in [6, 6.07) is 6.28. The predicted molar refractivity (Wildman–Crippen MR) is 77.9 cm³/mol. The quantitative estimate of drug-likeness (QED) is 0.469. The summed E-state index contributed by atoms with van der Waals surface area (Å²) >= 11 is 7.52. The fraction of sp³-hybridized carbons (Fsp3) is 0.400. The molecule has 17 heavy (non-hydrogen) atoms. The van der Waals surface area contributed by atoms with Crippen LogP contribution in [0.3, 0.4) is 0 Å². The molecule has 0 saturated heterocycles. The molecule has 0 unspecified atom stereocenters. The van der Waals surface area contributed by atoms with Gasteiger partial charge in [0, 0.05) is 5.69 Å². The Hall–Kier alpha value is -0.0500. The lowest BCUT2D eigenvalue weighted by Crippen LogP contribution is -2.34. The highest BCUT2D eigenvalue weighted by Crippen LogP contribution is 2.43. The molecular weight excluding hydrogens is 377 g/mol. The maximum absolute atomic E-state index is 11.8. The summed E-state index contributed by atoms with van der Waals surface area (Å²) < 4.78 is 21.8. The monoisotopic (exact) mass is 389 g/mol. The molecule has 0 fully saturated rings. The van der Waals surface area contributed by atoms with Crippen molar-refractivity contribution in [2.45, 2.75) is 15.2 Å². The van der Waals surface area contributed by atoms with Gasteiger partial charge in [0.1, 0.15) is 6.10 Å². The SMILES string of the molecule is CCS(=O)(=O)[C@](Cl)(I)[C@H](O)c1ccc(N)cc1. The van der Waals surface area contributed by atoms with Gasteiger partial charge in [-0.1, -0.05) is 30.7 Å². The van der Waals surface area contributed by atoms with Crippen LogP contribution in [-0.4, -0.2) is 21.5 Å². The van der Waals surface area contributed by atoms with Gasteiger partial charge in [0.25, 0.3) is 0 Å². The Morgan fingerprint density at radius 2 is 1.94 bits per heavy atom. The van der Waals surface area contributed by atoms with Crippen molar-refractivity contribution in [1.29, 1.82) is 0 Å². The van der Waals surface area contributed by atoms with Crippen LogP contribution in [0.5, 0.6) is 0 Å². The number of benzene rings is 1. The molecule has 0 aliphatic rings. The van der Waals surface area contributed by atoms with E-state index in [1.807, 2.05) is 0 Å². The van der Waals surface area contributed by atoms with Gasteiger partial charge in [-0.15, -0.1) is 0 Å². The number of halogens is 2. The molecule has 7 heteroatoms. The molecule has 96 valence electrons. The van der Waals surface area contributed by atoms with Crippen molar-refractivity contribution in [2.24, 2.45) is 0 Å². The Labute approximate surface area is 119 Å². The number of aliphatic hydroxyl groups is 1. The van der Waals surface area contributed by atoms with E-state index in [2.05, 4.69) is 0 Å². The maximum Gasteiger partial charge on any atom is 0.225 e. The molecule has 4 nitrogen and oxygen atoms in total. The average molecular weight is 390 g/mol. The molecule has 0 aliphatic carbocycles. The van der Waals surface area contributed by atoms with Gasteiger partial charge in [-0.3, -0.25) is 0 Å². The molecule has 0 aromatic heterocycles. The zero-order valence-electron chi connectivity index (χ0n) is 9.10. The highest BCUT2D eigenvalue weighted by atomic mass is 127. The van der Waals surface area contributed by atoms with E-state index < -0.39 is 18.2 Å². The number of hydrogen-bond donors (Lipinski definition) is 2. The van der Waals surface area contributed by atoms with Crippen LogP contribution in [0.2, 0.25) is 0 Å². The Kier molecular flexibility index (Phi) is 4.67. The molecule has 0 radical (unpaired) electrons. The third kappa shape index (κ3) is 3.04. The van der Waals surface area contributed by atoms with Crippen LogP contribution in [0.4, 0.5) is 5.69 Å². The summed E-state index contributed by atoms with van der Waals surface area (Å²) in [6.07, 6.45) is -1.31. The molecule has 2 atom stereocenters. The van der Waals surface area contributed by atoms with E-state index in [4.69, 9.17) is 17.3 Å². The zero-order chi connectivity index (χ0) is 13.3. The number of alkyl halides is 2. The van der Waals surface area contributed by atoms with E-state index >= 15 is 0 Å². The normalized spacial score (nSPS) is 17.4. The molecule has 0 spiro atoms. The van der Waals surface area contributed by atoms with Crippen molar-refractivity contribution in [1.82, 2.24) is 0 Å². The van der Waals surface area contributed by atoms with Gasteiger partial charge >= 0.3 is 0 Å². The number of nitrogen functional groups attached to an aromatic ring is 1. The lowest BCUT2D eigenvalue weighted by molar-refractivity contribution is 0.187. The molecule has 3 N–H and O–H groups in total. The molecule has 0 heterocycles. The number of anilines is 1. The van der Waals surface area contributed by atoms with Crippen LogP contribution in [0.15, 0.2) is 24.3 Å². The van der Waals surface area contributed by atoms with Crippen LogP contribution < -0.4 is 5.73 Å². The molecule has 0 aliphatic heterocycles. The maximum atomic E-state index is 11.8. The summed E-state index contributed by atoms with van der Waals surface area (Å²) in [5, 5.41) is 10.0. The first-order valence-electron chi connectivity index (χ1n) is 4.86. The van der Waals surface area contributed by atoms with Gasteiger partial charge < -0.3 is 10.8 Å². The average Bonchev–Trinajstić information content (AvgIpc) is 2.28. The van der Waals surface area contributed by atoms with Gasteiger partial charge in [0.2, 0.25) is 2.21 Å². The van der Waals surface area contributed by atoms with Crippen molar-refractivity contribution in [3.05, 3.63) is 29.8 Å². The van der Waals surface area contributed by atoms with Gasteiger partial charge in [0.05, 0.1) is 5.75 Å². The van der Waals surface area contributed by atoms with Crippen molar-refractivity contribution in [3.63, 3.8) is 0 Å². The van der Waals surface area contributed by atoms with Crippen LogP contribution in [0.25, 0.3) is 0 Å². The molecule has 0 amide bonds. The molecule has 1 aromatic carbocycles. The van der Waals surface area contributed by atoms with E-state index in [1.54, 1.807) is 46.9 Å². The standard InChI is InChI=1S/C10H13ClINO3S/c1-2-17(15,16)10(11,12)9(14)7-3-5-8(13)6-4-7/h3-6,9,14H,2,13H2,1H3/t9-,10-/m1/s1. The van der Waals surface area contributed by atoms with Crippen LogP contribution >= 0.6 is 34.2 Å². The molecule has 1 rings (SSSR count). The molecule has 0 saturated carbocycles. The first-order valence-corrected chi connectivity index (χ1v) is 7.97. The second kappa shape index (κ2) is 5.29. The second-order valence-corrected chi connectivity index (χ2v) is 9.88. The van der Waals surface area contributed by atoms with Crippen molar-refractivity contribution < 1.29 is 13.5 Å². The third-order valence-corrected chi connectivity index (χ3v) is 7.69. The Morgan fingerprint density at radius 3 is 2.35 bits per heavy atom. The van der Waals surface area contributed by atoms with E-state index in [9.17, 15) is 13.5 Å². The fourth-order valence-corrected chi connectivity index (χ4v) is 3.84.